The summed E-state index contributed by atoms with van der Waals surface area (Å²) in [5.41, 5.74) is 3.23. The molecular weight excluding hydrogens is 494 g/mol. The molecular formula is C27H31N3O4S2. The quantitative estimate of drug-likeness (QED) is 0.312. The molecule has 36 heavy (non-hydrogen) atoms. The van der Waals surface area contributed by atoms with E-state index in [1.54, 1.807) is 36.4 Å². The summed E-state index contributed by atoms with van der Waals surface area (Å²) >= 11 is 5.24. The van der Waals surface area contributed by atoms with E-state index in [1.807, 2.05) is 32.0 Å². The van der Waals surface area contributed by atoms with E-state index < -0.39 is 10.0 Å². The fourth-order valence-electron chi connectivity index (χ4n) is 3.34. The summed E-state index contributed by atoms with van der Waals surface area (Å²) in [5.74, 6) is 0.900. The van der Waals surface area contributed by atoms with Gasteiger partial charge in [-0.15, -0.1) is 0 Å². The minimum Gasteiger partial charge on any atom is -0.494 e. The van der Waals surface area contributed by atoms with Crippen molar-refractivity contribution in [2.45, 2.75) is 39.0 Å². The van der Waals surface area contributed by atoms with Crippen LogP contribution in [0.15, 0.2) is 71.6 Å². The van der Waals surface area contributed by atoms with Crippen molar-refractivity contribution in [2.24, 2.45) is 5.92 Å². The summed E-state index contributed by atoms with van der Waals surface area (Å²) < 4.78 is 34.0. The monoisotopic (exact) mass is 525 g/mol. The van der Waals surface area contributed by atoms with Gasteiger partial charge in [0.1, 0.15) is 5.75 Å². The van der Waals surface area contributed by atoms with E-state index in [1.165, 1.54) is 12.1 Å². The standard InChI is InChI=1S/C27H31N3O4S2/c1-18(2)16-17-34-23-12-8-21(9-13-23)26(31)29-27(35)28-22-10-14-24(15-11-22)36(32,33)30-25-19(3)6-5-7-20(25)4/h5-15,18,30H,16-17H2,1-4H3,(H2,28,29,31,35). The van der Waals surface area contributed by atoms with Crippen LogP contribution < -0.4 is 20.1 Å². The number of sulfonamides is 1. The van der Waals surface area contributed by atoms with Crippen molar-refractivity contribution < 1.29 is 17.9 Å². The highest BCUT2D eigenvalue weighted by atomic mass is 32.2. The van der Waals surface area contributed by atoms with Crippen LogP contribution in [0.1, 0.15) is 41.8 Å². The van der Waals surface area contributed by atoms with Crippen molar-refractivity contribution in [3.63, 3.8) is 0 Å². The van der Waals surface area contributed by atoms with Crippen molar-refractivity contribution in [3.05, 3.63) is 83.4 Å². The number of hydrogen-bond donors (Lipinski definition) is 3. The molecule has 0 radical (unpaired) electrons. The maximum Gasteiger partial charge on any atom is 0.261 e. The summed E-state index contributed by atoms with van der Waals surface area (Å²) in [4.78, 5) is 12.6. The van der Waals surface area contributed by atoms with Crippen LogP contribution in [0.25, 0.3) is 0 Å². The zero-order valence-electron chi connectivity index (χ0n) is 20.8. The molecule has 3 N–H and O–H groups in total. The number of carbonyl (C=O) groups is 1. The summed E-state index contributed by atoms with van der Waals surface area (Å²) in [6, 6.07) is 18.5. The van der Waals surface area contributed by atoms with Crippen LogP contribution in [-0.4, -0.2) is 26.0 Å². The molecule has 0 atom stereocenters. The fraction of sp³-hybridized carbons (Fsp3) is 0.259. The largest absolute Gasteiger partial charge is 0.494 e. The van der Waals surface area contributed by atoms with Gasteiger partial charge in [-0.25, -0.2) is 8.42 Å². The first kappa shape index (κ1) is 27.2. The minimum atomic E-state index is -3.76. The molecule has 0 aromatic heterocycles. The van der Waals surface area contributed by atoms with Gasteiger partial charge in [-0.05, 0) is 98.1 Å². The third-order valence-corrected chi connectivity index (χ3v) is 7.02. The number of benzene rings is 3. The summed E-state index contributed by atoms with van der Waals surface area (Å²) in [6.45, 7) is 8.59. The van der Waals surface area contributed by atoms with E-state index in [0.717, 1.165) is 17.5 Å². The maximum absolute atomic E-state index is 12.8. The molecule has 0 heterocycles. The van der Waals surface area contributed by atoms with Crippen LogP contribution in [0, 0.1) is 19.8 Å². The molecule has 3 rings (SSSR count). The number of ether oxygens (including phenoxy) is 1. The van der Waals surface area contributed by atoms with Gasteiger partial charge in [-0.3, -0.25) is 14.8 Å². The second-order valence-electron chi connectivity index (χ2n) is 8.86. The number of thiocarbonyl (C=S) groups is 1. The van der Waals surface area contributed by atoms with Gasteiger partial charge in [0.2, 0.25) is 0 Å². The van der Waals surface area contributed by atoms with E-state index in [-0.39, 0.29) is 15.9 Å². The maximum atomic E-state index is 12.8. The number of nitrogens with one attached hydrogen (secondary N) is 3. The average Bonchev–Trinajstić information content (AvgIpc) is 2.82. The molecule has 0 spiro atoms. The molecule has 0 aliphatic heterocycles. The van der Waals surface area contributed by atoms with Crippen LogP contribution in [0.3, 0.4) is 0 Å². The molecule has 3 aromatic carbocycles. The first-order valence-electron chi connectivity index (χ1n) is 11.6. The third-order valence-electron chi connectivity index (χ3n) is 5.45. The van der Waals surface area contributed by atoms with Gasteiger partial charge < -0.3 is 10.1 Å². The Kier molecular flexibility index (Phi) is 9.06. The normalized spacial score (nSPS) is 11.1. The Hall–Kier alpha value is -3.43. The predicted molar refractivity (Wildman–Crippen MR) is 148 cm³/mol. The highest BCUT2D eigenvalue weighted by molar-refractivity contribution is 7.92. The van der Waals surface area contributed by atoms with Gasteiger partial charge in [0.25, 0.3) is 15.9 Å². The summed E-state index contributed by atoms with van der Waals surface area (Å²) in [7, 11) is -3.76. The van der Waals surface area contributed by atoms with E-state index in [4.69, 9.17) is 17.0 Å². The van der Waals surface area contributed by atoms with Gasteiger partial charge in [0, 0.05) is 11.3 Å². The molecule has 0 fully saturated rings. The lowest BCUT2D eigenvalue weighted by molar-refractivity contribution is 0.0977. The molecule has 0 aliphatic rings. The van der Waals surface area contributed by atoms with Gasteiger partial charge in [0.15, 0.2) is 5.11 Å². The molecule has 0 aliphatic carbocycles. The zero-order chi connectivity index (χ0) is 26.3. The summed E-state index contributed by atoms with van der Waals surface area (Å²) in [5, 5.41) is 5.62. The van der Waals surface area contributed by atoms with E-state index in [9.17, 15) is 13.2 Å². The van der Waals surface area contributed by atoms with Gasteiger partial charge in [0.05, 0.1) is 17.2 Å². The first-order valence-corrected chi connectivity index (χ1v) is 13.5. The van der Waals surface area contributed by atoms with Gasteiger partial charge >= 0.3 is 0 Å². The van der Waals surface area contributed by atoms with Crippen LogP contribution in [0.5, 0.6) is 5.75 Å². The Labute approximate surface area is 218 Å². The van der Waals surface area contributed by atoms with Crippen molar-refractivity contribution in [2.75, 3.05) is 16.6 Å². The number of rotatable bonds is 9. The first-order chi connectivity index (χ1) is 17.0. The number of carbonyl (C=O) groups excluding carboxylic acids is 1. The van der Waals surface area contributed by atoms with Crippen LogP contribution in [0.2, 0.25) is 0 Å². The number of para-hydroxylation sites is 1. The Morgan fingerprint density at radius 3 is 2.14 bits per heavy atom. The lowest BCUT2D eigenvalue weighted by Gasteiger charge is -2.14. The topological polar surface area (TPSA) is 96.5 Å². The van der Waals surface area contributed by atoms with E-state index >= 15 is 0 Å². The van der Waals surface area contributed by atoms with Gasteiger partial charge in [-0.2, -0.15) is 0 Å². The number of amides is 1. The molecule has 3 aromatic rings. The number of hydrogen-bond acceptors (Lipinski definition) is 5. The average molecular weight is 526 g/mol. The number of anilines is 2. The third kappa shape index (κ3) is 7.53. The second-order valence-corrected chi connectivity index (χ2v) is 11.0. The van der Waals surface area contributed by atoms with Crippen molar-refractivity contribution >= 4 is 44.6 Å². The Bertz CT molecular complexity index is 1300. The van der Waals surface area contributed by atoms with E-state index in [0.29, 0.717) is 35.2 Å². The molecule has 0 bridgehead atoms. The van der Waals surface area contributed by atoms with Crippen LogP contribution >= 0.6 is 12.2 Å². The Balaban J connectivity index is 1.56. The zero-order valence-corrected chi connectivity index (χ0v) is 22.4. The second kappa shape index (κ2) is 12.0. The lowest BCUT2D eigenvalue weighted by Crippen LogP contribution is -2.34. The van der Waals surface area contributed by atoms with Crippen molar-refractivity contribution in [1.82, 2.24) is 5.32 Å². The number of aryl methyl sites for hydroxylation is 2. The van der Waals surface area contributed by atoms with Crippen molar-refractivity contribution in [3.8, 4) is 5.75 Å². The summed E-state index contributed by atoms with van der Waals surface area (Å²) in [6.07, 6.45) is 0.956. The fourth-order valence-corrected chi connectivity index (χ4v) is 4.75. The van der Waals surface area contributed by atoms with Crippen LogP contribution in [0.4, 0.5) is 11.4 Å². The smallest absolute Gasteiger partial charge is 0.261 e. The molecule has 190 valence electrons. The molecule has 0 saturated heterocycles. The molecule has 0 unspecified atom stereocenters. The molecule has 9 heteroatoms. The highest BCUT2D eigenvalue weighted by Crippen LogP contribution is 2.24. The van der Waals surface area contributed by atoms with Crippen molar-refractivity contribution in [1.29, 1.82) is 0 Å². The minimum absolute atomic E-state index is 0.0986. The molecule has 0 saturated carbocycles. The lowest BCUT2D eigenvalue weighted by atomic mass is 10.1. The van der Waals surface area contributed by atoms with Gasteiger partial charge in [-0.1, -0.05) is 32.0 Å². The van der Waals surface area contributed by atoms with Crippen LogP contribution in [-0.2, 0) is 10.0 Å². The Morgan fingerprint density at radius 1 is 0.944 bits per heavy atom. The van der Waals surface area contributed by atoms with E-state index in [2.05, 4.69) is 29.2 Å². The predicted octanol–water partition coefficient (Wildman–Crippen LogP) is 5.66. The SMILES string of the molecule is Cc1cccc(C)c1NS(=O)(=O)c1ccc(NC(=S)NC(=O)c2ccc(OCCC(C)C)cc2)cc1. The molecule has 7 nitrogen and oxygen atoms in total. The molecule has 1 amide bonds. The Morgan fingerprint density at radius 2 is 1.56 bits per heavy atom. The highest BCUT2D eigenvalue weighted by Gasteiger charge is 2.17.